The van der Waals surface area contributed by atoms with Crippen LogP contribution in [-0.4, -0.2) is 26.5 Å². The first-order valence-electron chi connectivity index (χ1n) is 9.42. The van der Waals surface area contributed by atoms with Gasteiger partial charge in [-0.25, -0.2) is 0 Å². The number of nitrogens with zero attached hydrogens (tertiary/aromatic N) is 5. The highest BCUT2D eigenvalue weighted by atomic mass is 32.1. The number of fused-ring (bicyclic) bond motifs is 1. The molecular weight excluding hydrogens is 382 g/mol. The smallest absolute Gasteiger partial charge is 0.272 e. The fourth-order valence-electron chi connectivity index (χ4n) is 4.21. The van der Waals surface area contributed by atoms with Crippen LogP contribution in [0.3, 0.4) is 0 Å². The molecule has 0 atom stereocenters. The van der Waals surface area contributed by atoms with Crippen molar-refractivity contribution in [2.24, 2.45) is 0 Å². The number of carbonyl (C=O) groups is 1. The van der Waals surface area contributed by atoms with Gasteiger partial charge in [0.25, 0.3) is 11.7 Å². The Labute approximate surface area is 173 Å². The van der Waals surface area contributed by atoms with E-state index in [1.807, 2.05) is 48.4 Å². The molecule has 2 aromatic heterocycles. The quantitative estimate of drug-likeness (QED) is 0.467. The molecule has 1 aliphatic carbocycles. The van der Waals surface area contributed by atoms with Crippen LogP contribution in [0.2, 0.25) is 0 Å². The Kier molecular flexibility index (Phi) is 3.86. The second kappa shape index (κ2) is 6.33. The highest BCUT2D eigenvalue weighted by Gasteiger charge is 2.59. The molecule has 1 saturated heterocycles. The Morgan fingerprint density at radius 1 is 1.14 bits per heavy atom. The van der Waals surface area contributed by atoms with E-state index < -0.39 is 5.54 Å². The molecule has 1 aliphatic heterocycles. The van der Waals surface area contributed by atoms with E-state index in [2.05, 4.69) is 14.8 Å². The molecule has 0 bridgehead atoms. The molecule has 1 aromatic carbocycles. The van der Waals surface area contributed by atoms with Gasteiger partial charge in [0.05, 0.1) is 5.69 Å². The van der Waals surface area contributed by atoms with E-state index in [4.69, 9.17) is 18.8 Å². The van der Waals surface area contributed by atoms with Crippen LogP contribution >= 0.6 is 12.2 Å². The van der Waals surface area contributed by atoms with Crippen molar-refractivity contribution >= 4 is 51.2 Å². The molecule has 3 heterocycles. The second-order valence-electron chi connectivity index (χ2n) is 7.50. The summed E-state index contributed by atoms with van der Waals surface area (Å²) in [5.74, 6) is 0.320. The molecular formula is C22H17N5OS. The Hall–Kier alpha value is -3.37. The van der Waals surface area contributed by atoms with E-state index in [-0.39, 0.29) is 5.91 Å². The fraction of sp³-hybridized carbons (Fsp3) is 0.227. The van der Waals surface area contributed by atoms with E-state index in [9.17, 15) is 4.79 Å². The topological polar surface area (TPSA) is 53.7 Å². The average Bonchev–Trinajstić information content (AvgIpc) is 2.94. The van der Waals surface area contributed by atoms with Gasteiger partial charge in [0, 0.05) is 23.5 Å². The number of pyridine rings is 2. The molecule has 0 radical (unpaired) electrons. The summed E-state index contributed by atoms with van der Waals surface area (Å²) in [5.41, 5.74) is 1.60. The molecule has 0 N–H and O–H groups in total. The molecule has 1 spiro atoms. The summed E-state index contributed by atoms with van der Waals surface area (Å²) >= 11 is 5.81. The zero-order chi connectivity index (χ0) is 20.2. The summed E-state index contributed by atoms with van der Waals surface area (Å²) in [4.78, 5) is 28.9. The van der Waals surface area contributed by atoms with Gasteiger partial charge in [0.2, 0.25) is 0 Å². The van der Waals surface area contributed by atoms with Crippen molar-refractivity contribution in [3.05, 3.63) is 65.9 Å². The van der Waals surface area contributed by atoms with E-state index in [0.717, 1.165) is 41.3 Å². The lowest BCUT2D eigenvalue weighted by molar-refractivity contribution is -0.123. The minimum absolute atomic E-state index is 0.0169. The molecule has 1 amide bonds. The standard InChI is InChI=1S/C22H17N5OS/c1-14-10-18(13-25-19(14)23-2)26-20(28)22(7-3-8-22)27(21(26)29)17-5-4-15-6-9-24-12-16(15)11-17/h4-6,9-13H,3,7-8H2,1H3. The third-order valence-corrected chi connectivity index (χ3v) is 6.24. The Bertz CT molecular complexity index is 1230. The lowest BCUT2D eigenvalue weighted by Crippen LogP contribution is -2.55. The van der Waals surface area contributed by atoms with Crippen molar-refractivity contribution in [3.8, 4) is 0 Å². The molecule has 142 valence electrons. The fourth-order valence-corrected chi connectivity index (χ4v) is 4.68. The van der Waals surface area contributed by atoms with Crippen molar-refractivity contribution in [1.29, 1.82) is 0 Å². The number of benzene rings is 1. The minimum Gasteiger partial charge on any atom is -0.360 e. The molecule has 6 nitrogen and oxygen atoms in total. The predicted octanol–water partition coefficient (Wildman–Crippen LogP) is 4.55. The van der Waals surface area contributed by atoms with Gasteiger partial charge in [0.15, 0.2) is 5.11 Å². The highest BCUT2D eigenvalue weighted by molar-refractivity contribution is 7.81. The van der Waals surface area contributed by atoms with Gasteiger partial charge in [-0.1, -0.05) is 12.6 Å². The van der Waals surface area contributed by atoms with Crippen LogP contribution in [0, 0.1) is 13.5 Å². The van der Waals surface area contributed by atoms with Gasteiger partial charge >= 0.3 is 0 Å². The molecule has 0 unspecified atom stereocenters. The van der Waals surface area contributed by atoms with E-state index in [0.29, 0.717) is 16.6 Å². The maximum Gasteiger partial charge on any atom is 0.272 e. The lowest BCUT2D eigenvalue weighted by atomic mass is 9.75. The van der Waals surface area contributed by atoms with Crippen LogP contribution in [0.1, 0.15) is 24.8 Å². The Balaban J connectivity index is 1.62. The van der Waals surface area contributed by atoms with Crippen molar-refractivity contribution in [3.63, 3.8) is 0 Å². The summed E-state index contributed by atoms with van der Waals surface area (Å²) in [6, 6.07) is 9.86. The number of anilines is 2. The largest absolute Gasteiger partial charge is 0.360 e. The SMILES string of the molecule is [C-]#[N+]c1ncc(N2C(=O)C3(CCC3)N(c3ccc4ccncc4c3)C2=S)cc1C. The number of hydrogen-bond acceptors (Lipinski definition) is 4. The zero-order valence-electron chi connectivity index (χ0n) is 15.8. The summed E-state index contributed by atoms with van der Waals surface area (Å²) in [6.45, 7) is 9.02. The zero-order valence-corrected chi connectivity index (χ0v) is 16.6. The number of carbonyl (C=O) groups excluding carboxylic acids is 1. The summed E-state index contributed by atoms with van der Waals surface area (Å²) in [7, 11) is 0. The number of aryl methyl sites for hydroxylation is 1. The molecule has 5 rings (SSSR count). The third kappa shape index (κ3) is 2.46. The molecule has 2 aliphatic rings. The second-order valence-corrected chi connectivity index (χ2v) is 7.86. The van der Waals surface area contributed by atoms with E-state index in [1.54, 1.807) is 17.3 Å². The number of amides is 1. The third-order valence-electron chi connectivity index (χ3n) is 5.88. The Morgan fingerprint density at radius 2 is 1.97 bits per heavy atom. The van der Waals surface area contributed by atoms with Gasteiger partial charge < -0.3 is 9.74 Å². The van der Waals surface area contributed by atoms with Gasteiger partial charge in [-0.2, -0.15) is 0 Å². The summed E-state index contributed by atoms with van der Waals surface area (Å²) in [5, 5.41) is 2.55. The molecule has 7 heteroatoms. The van der Waals surface area contributed by atoms with Gasteiger partial charge in [-0.3, -0.25) is 14.7 Å². The van der Waals surface area contributed by atoms with E-state index in [1.165, 1.54) is 0 Å². The van der Waals surface area contributed by atoms with Gasteiger partial charge in [-0.05, 0) is 73.6 Å². The first kappa shape index (κ1) is 17.7. The Morgan fingerprint density at radius 3 is 2.66 bits per heavy atom. The van der Waals surface area contributed by atoms with Crippen LogP contribution in [0.4, 0.5) is 17.2 Å². The maximum absolute atomic E-state index is 13.5. The molecule has 3 aromatic rings. The van der Waals surface area contributed by atoms with Crippen molar-refractivity contribution < 1.29 is 4.79 Å². The van der Waals surface area contributed by atoms with E-state index >= 15 is 0 Å². The van der Waals surface area contributed by atoms with Crippen LogP contribution in [-0.2, 0) is 4.79 Å². The lowest BCUT2D eigenvalue weighted by Gasteiger charge is -2.43. The number of aromatic nitrogens is 2. The molecule has 29 heavy (non-hydrogen) atoms. The molecule has 1 saturated carbocycles. The van der Waals surface area contributed by atoms with Crippen LogP contribution in [0.25, 0.3) is 15.6 Å². The van der Waals surface area contributed by atoms with Gasteiger partial charge in [0.1, 0.15) is 11.7 Å². The first-order valence-corrected chi connectivity index (χ1v) is 9.83. The van der Waals surface area contributed by atoms with Crippen molar-refractivity contribution in [1.82, 2.24) is 9.97 Å². The van der Waals surface area contributed by atoms with Crippen LogP contribution in [0.15, 0.2) is 48.9 Å². The molecule has 2 fully saturated rings. The minimum atomic E-state index is -0.640. The number of rotatable bonds is 2. The summed E-state index contributed by atoms with van der Waals surface area (Å²) in [6.07, 6.45) is 7.66. The number of hydrogen-bond donors (Lipinski definition) is 0. The normalized spacial score (nSPS) is 17.7. The maximum atomic E-state index is 13.5. The summed E-state index contributed by atoms with van der Waals surface area (Å²) < 4.78 is 0. The monoisotopic (exact) mass is 399 g/mol. The predicted molar refractivity (Wildman–Crippen MR) is 116 cm³/mol. The van der Waals surface area contributed by atoms with Crippen molar-refractivity contribution in [2.75, 3.05) is 9.80 Å². The van der Waals surface area contributed by atoms with Crippen molar-refractivity contribution in [2.45, 2.75) is 31.7 Å². The average molecular weight is 399 g/mol. The first-order chi connectivity index (χ1) is 14.0. The van der Waals surface area contributed by atoms with Crippen LogP contribution < -0.4 is 9.80 Å². The highest BCUT2D eigenvalue weighted by Crippen LogP contribution is 2.48. The van der Waals surface area contributed by atoms with Crippen LogP contribution in [0.5, 0.6) is 0 Å². The number of thiocarbonyl (C=S) groups is 1. The van der Waals surface area contributed by atoms with Gasteiger partial charge in [-0.15, -0.1) is 4.98 Å².